The van der Waals surface area contributed by atoms with Crippen LogP contribution in [-0.2, 0) is 11.2 Å². The second-order valence-electron chi connectivity index (χ2n) is 5.96. The Morgan fingerprint density at radius 3 is 2.68 bits per heavy atom. The van der Waals surface area contributed by atoms with Crippen LogP contribution in [0.4, 0.5) is 0 Å². The molecule has 1 fully saturated rings. The molecule has 0 aliphatic carbocycles. The lowest BCUT2D eigenvalue weighted by molar-refractivity contribution is -0.138. The van der Waals surface area contributed by atoms with Gasteiger partial charge in [-0.3, -0.25) is 9.69 Å². The number of likely N-dealkylation sites (tertiary alicyclic amines) is 1. The Kier molecular flexibility index (Phi) is 4.25. The fraction of sp³-hybridized carbons (Fsp3) is 0.562. The molecule has 104 valence electrons. The second-order valence-corrected chi connectivity index (χ2v) is 5.96. The van der Waals surface area contributed by atoms with E-state index in [1.54, 1.807) is 0 Å². The topological polar surface area (TPSA) is 40.5 Å². The molecule has 1 aliphatic rings. The summed E-state index contributed by atoms with van der Waals surface area (Å²) in [5.41, 5.74) is 1.34. The summed E-state index contributed by atoms with van der Waals surface area (Å²) in [7, 11) is 0. The van der Waals surface area contributed by atoms with Crippen LogP contribution in [0.2, 0.25) is 0 Å². The van der Waals surface area contributed by atoms with Gasteiger partial charge in [0, 0.05) is 18.5 Å². The summed E-state index contributed by atoms with van der Waals surface area (Å²) >= 11 is 0. The van der Waals surface area contributed by atoms with Gasteiger partial charge in [-0.05, 0) is 44.7 Å². The first-order valence-corrected chi connectivity index (χ1v) is 7.01. The van der Waals surface area contributed by atoms with Crippen molar-refractivity contribution in [3.63, 3.8) is 0 Å². The van der Waals surface area contributed by atoms with Crippen LogP contribution in [0.15, 0.2) is 30.3 Å². The molecule has 0 aromatic heterocycles. The summed E-state index contributed by atoms with van der Waals surface area (Å²) in [5.74, 6) is -0.413. The van der Waals surface area contributed by atoms with Crippen molar-refractivity contribution in [2.45, 2.75) is 38.6 Å². The standard InChI is InChI=1S/C16H23NO2/c1-16(2)14(12-15(18)19)9-11-17(16)10-8-13-6-4-3-5-7-13/h3-7,14H,8-12H2,1-2H3,(H,18,19). The van der Waals surface area contributed by atoms with Gasteiger partial charge in [0.2, 0.25) is 0 Å². The SMILES string of the molecule is CC1(C)C(CC(=O)O)CCN1CCc1ccccc1. The van der Waals surface area contributed by atoms with Crippen LogP contribution in [0, 0.1) is 5.92 Å². The molecule has 1 saturated heterocycles. The minimum Gasteiger partial charge on any atom is -0.481 e. The zero-order valence-corrected chi connectivity index (χ0v) is 11.8. The molecule has 3 heteroatoms. The number of carboxylic acid groups (broad SMARTS) is 1. The molecule has 1 aromatic rings. The van der Waals surface area contributed by atoms with Crippen molar-refractivity contribution < 1.29 is 9.90 Å². The van der Waals surface area contributed by atoms with Crippen LogP contribution < -0.4 is 0 Å². The molecule has 1 N–H and O–H groups in total. The highest BCUT2D eigenvalue weighted by Gasteiger charge is 2.41. The van der Waals surface area contributed by atoms with Crippen molar-refractivity contribution in [2.24, 2.45) is 5.92 Å². The monoisotopic (exact) mass is 261 g/mol. The van der Waals surface area contributed by atoms with Gasteiger partial charge in [0.05, 0.1) is 0 Å². The first-order chi connectivity index (χ1) is 9.00. The molecule has 0 saturated carbocycles. The lowest BCUT2D eigenvalue weighted by atomic mass is 9.86. The number of carbonyl (C=O) groups is 1. The fourth-order valence-electron chi connectivity index (χ4n) is 3.08. The predicted octanol–water partition coefficient (Wildman–Crippen LogP) is 2.80. The van der Waals surface area contributed by atoms with Gasteiger partial charge in [0.25, 0.3) is 0 Å². The van der Waals surface area contributed by atoms with Crippen LogP contribution in [0.5, 0.6) is 0 Å². The third-order valence-electron chi connectivity index (χ3n) is 4.50. The summed E-state index contributed by atoms with van der Waals surface area (Å²) in [4.78, 5) is 13.3. The van der Waals surface area contributed by atoms with Gasteiger partial charge in [-0.2, -0.15) is 0 Å². The quantitative estimate of drug-likeness (QED) is 0.886. The molecule has 0 radical (unpaired) electrons. The Hall–Kier alpha value is -1.35. The van der Waals surface area contributed by atoms with Gasteiger partial charge in [0.1, 0.15) is 0 Å². The fourth-order valence-corrected chi connectivity index (χ4v) is 3.08. The molecule has 19 heavy (non-hydrogen) atoms. The van der Waals surface area contributed by atoms with Gasteiger partial charge in [-0.15, -0.1) is 0 Å². The number of hydrogen-bond donors (Lipinski definition) is 1. The number of rotatable bonds is 5. The Balaban J connectivity index is 1.93. The molecule has 1 heterocycles. The van der Waals surface area contributed by atoms with E-state index in [2.05, 4.69) is 43.0 Å². The van der Waals surface area contributed by atoms with E-state index in [9.17, 15) is 4.79 Å². The second kappa shape index (κ2) is 5.74. The van der Waals surface area contributed by atoms with E-state index in [1.165, 1.54) is 5.56 Å². The first-order valence-electron chi connectivity index (χ1n) is 7.01. The predicted molar refractivity (Wildman–Crippen MR) is 76.2 cm³/mol. The zero-order chi connectivity index (χ0) is 13.9. The number of hydrogen-bond acceptors (Lipinski definition) is 2. The highest BCUT2D eigenvalue weighted by molar-refractivity contribution is 5.67. The maximum Gasteiger partial charge on any atom is 0.303 e. The van der Waals surface area contributed by atoms with Crippen molar-refractivity contribution >= 4 is 5.97 Å². The number of carboxylic acids is 1. The first kappa shape index (κ1) is 14.1. The van der Waals surface area contributed by atoms with E-state index >= 15 is 0 Å². The highest BCUT2D eigenvalue weighted by atomic mass is 16.4. The molecule has 1 unspecified atom stereocenters. The zero-order valence-electron chi connectivity index (χ0n) is 11.8. The van der Waals surface area contributed by atoms with E-state index in [-0.39, 0.29) is 17.9 Å². The van der Waals surface area contributed by atoms with Crippen LogP contribution in [0.3, 0.4) is 0 Å². The minimum atomic E-state index is -0.678. The van der Waals surface area contributed by atoms with Gasteiger partial charge in [-0.1, -0.05) is 30.3 Å². The molecular formula is C16H23NO2. The largest absolute Gasteiger partial charge is 0.481 e. The normalized spacial score (nSPS) is 22.5. The average molecular weight is 261 g/mol. The molecule has 3 nitrogen and oxygen atoms in total. The van der Waals surface area contributed by atoms with E-state index in [0.717, 1.165) is 25.9 Å². The van der Waals surface area contributed by atoms with Gasteiger partial charge in [-0.25, -0.2) is 0 Å². The number of aliphatic carboxylic acids is 1. The van der Waals surface area contributed by atoms with Crippen molar-refractivity contribution in [1.29, 1.82) is 0 Å². The molecule has 1 aliphatic heterocycles. The van der Waals surface area contributed by atoms with Crippen LogP contribution in [0.1, 0.15) is 32.3 Å². The Labute approximate surface area is 115 Å². The van der Waals surface area contributed by atoms with E-state index in [4.69, 9.17) is 5.11 Å². The lowest BCUT2D eigenvalue weighted by Gasteiger charge is -2.35. The Morgan fingerprint density at radius 1 is 1.37 bits per heavy atom. The van der Waals surface area contributed by atoms with Crippen molar-refractivity contribution in [3.8, 4) is 0 Å². The van der Waals surface area contributed by atoms with Crippen LogP contribution in [0.25, 0.3) is 0 Å². The van der Waals surface area contributed by atoms with Gasteiger partial charge >= 0.3 is 5.97 Å². The highest BCUT2D eigenvalue weighted by Crippen LogP contribution is 2.36. The molecular weight excluding hydrogens is 238 g/mol. The maximum absolute atomic E-state index is 10.9. The number of nitrogens with zero attached hydrogens (tertiary/aromatic N) is 1. The summed E-state index contributed by atoms with van der Waals surface area (Å²) in [5, 5.41) is 8.98. The smallest absolute Gasteiger partial charge is 0.303 e. The van der Waals surface area contributed by atoms with E-state index in [1.807, 2.05) is 6.07 Å². The Bertz CT molecular complexity index is 428. The third kappa shape index (κ3) is 3.35. The molecule has 0 spiro atoms. The molecule has 0 bridgehead atoms. The molecule has 2 rings (SSSR count). The van der Waals surface area contributed by atoms with E-state index in [0.29, 0.717) is 0 Å². The van der Waals surface area contributed by atoms with Gasteiger partial charge in [0.15, 0.2) is 0 Å². The summed E-state index contributed by atoms with van der Waals surface area (Å²) in [6, 6.07) is 10.5. The van der Waals surface area contributed by atoms with Crippen molar-refractivity contribution in [2.75, 3.05) is 13.1 Å². The molecule has 0 amide bonds. The minimum absolute atomic E-state index is 0.00678. The lowest BCUT2D eigenvalue weighted by Crippen LogP contribution is -2.44. The summed E-state index contributed by atoms with van der Waals surface area (Å²) in [6.07, 6.45) is 2.31. The molecule has 1 atom stereocenters. The molecule has 1 aromatic carbocycles. The third-order valence-corrected chi connectivity index (χ3v) is 4.50. The van der Waals surface area contributed by atoms with Crippen molar-refractivity contribution in [1.82, 2.24) is 4.90 Å². The van der Waals surface area contributed by atoms with Crippen LogP contribution in [-0.4, -0.2) is 34.6 Å². The maximum atomic E-state index is 10.9. The average Bonchev–Trinajstić information content (AvgIpc) is 2.63. The van der Waals surface area contributed by atoms with Crippen molar-refractivity contribution in [3.05, 3.63) is 35.9 Å². The Morgan fingerprint density at radius 2 is 2.05 bits per heavy atom. The summed E-state index contributed by atoms with van der Waals surface area (Å²) in [6.45, 7) is 6.38. The van der Waals surface area contributed by atoms with Crippen LogP contribution >= 0.6 is 0 Å². The van der Waals surface area contributed by atoms with Gasteiger partial charge < -0.3 is 5.11 Å². The van der Waals surface area contributed by atoms with E-state index < -0.39 is 5.97 Å². The number of benzene rings is 1. The summed E-state index contributed by atoms with van der Waals surface area (Å²) < 4.78 is 0.